The third kappa shape index (κ3) is 4.33. The van der Waals surface area contributed by atoms with Crippen LogP contribution in [-0.2, 0) is 25.9 Å². The van der Waals surface area contributed by atoms with E-state index in [2.05, 4.69) is 53.6 Å². The maximum absolute atomic E-state index is 6.34. The lowest BCUT2D eigenvalue weighted by molar-refractivity contribution is -0.678. The normalized spacial score (nSPS) is 15.7. The molecule has 0 N–H and O–H groups in total. The van der Waals surface area contributed by atoms with Crippen LogP contribution in [0.5, 0.6) is 0 Å². The molecule has 0 fully saturated rings. The second-order valence-corrected chi connectivity index (χ2v) is 9.63. The van der Waals surface area contributed by atoms with Crippen molar-refractivity contribution < 1.29 is 4.57 Å². The SMILES string of the molecule is CCCc1sc2[n+](c1CCC)CC(c1cccc(Cl)c1)N2Cc1ccc(Cl)cc1. The van der Waals surface area contributed by atoms with Crippen molar-refractivity contribution >= 4 is 39.7 Å². The maximum atomic E-state index is 6.34. The summed E-state index contributed by atoms with van der Waals surface area (Å²) >= 11 is 14.4. The Morgan fingerprint density at radius 3 is 2.45 bits per heavy atom. The maximum Gasteiger partial charge on any atom is 0.337 e. The van der Waals surface area contributed by atoms with E-state index in [0.717, 1.165) is 36.0 Å². The molecule has 0 saturated heterocycles. The quantitative estimate of drug-likeness (QED) is 0.354. The number of halogens is 2. The first-order valence-electron chi connectivity index (χ1n) is 10.4. The first-order chi connectivity index (χ1) is 14.1. The van der Waals surface area contributed by atoms with Crippen molar-refractivity contribution in [3.05, 3.63) is 80.3 Å². The number of thiazole rings is 1. The van der Waals surface area contributed by atoms with Crippen LogP contribution in [0.15, 0.2) is 48.5 Å². The Morgan fingerprint density at radius 2 is 1.76 bits per heavy atom. The fourth-order valence-electron chi connectivity index (χ4n) is 4.19. The van der Waals surface area contributed by atoms with Crippen LogP contribution in [0.3, 0.4) is 0 Å². The Morgan fingerprint density at radius 1 is 1.00 bits per heavy atom. The number of hydrogen-bond donors (Lipinski definition) is 0. The Balaban J connectivity index is 1.76. The molecule has 0 radical (unpaired) electrons. The zero-order valence-electron chi connectivity index (χ0n) is 17.0. The monoisotopic (exact) mass is 445 g/mol. The number of aromatic nitrogens is 1. The van der Waals surface area contributed by atoms with Crippen molar-refractivity contribution in [2.75, 3.05) is 4.90 Å². The molecule has 0 spiro atoms. The van der Waals surface area contributed by atoms with E-state index < -0.39 is 0 Å². The fraction of sp³-hybridized carbons (Fsp3) is 0.375. The standard InChI is InChI=1S/C24H27Cl2N2S/c1-3-6-21-23(7-4-2)29-24-27(15-17-10-12-19(25)13-11-17)22(16-28(21)24)18-8-5-9-20(26)14-18/h5,8-14,22H,3-4,6-7,15-16H2,1-2H3/q+1. The predicted molar refractivity (Wildman–Crippen MR) is 124 cm³/mol. The molecule has 2 heterocycles. The Labute approximate surface area is 187 Å². The van der Waals surface area contributed by atoms with Crippen molar-refractivity contribution in [1.29, 1.82) is 0 Å². The molecule has 0 aliphatic carbocycles. The molecular weight excluding hydrogens is 419 g/mol. The second-order valence-electron chi connectivity index (χ2n) is 7.69. The number of aryl methyl sites for hydroxylation is 1. The van der Waals surface area contributed by atoms with Gasteiger partial charge in [0, 0.05) is 22.0 Å². The Kier molecular flexibility index (Phi) is 6.48. The summed E-state index contributed by atoms with van der Waals surface area (Å²) in [5, 5.41) is 2.95. The number of anilines is 1. The summed E-state index contributed by atoms with van der Waals surface area (Å²) in [6.07, 6.45) is 4.66. The van der Waals surface area contributed by atoms with E-state index in [1.807, 2.05) is 29.5 Å². The van der Waals surface area contributed by atoms with Gasteiger partial charge in [0.15, 0.2) is 6.04 Å². The number of rotatable bonds is 7. The summed E-state index contributed by atoms with van der Waals surface area (Å²) in [6.45, 7) is 6.39. The molecule has 1 aromatic heterocycles. The molecule has 4 rings (SSSR count). The third-order valence-corrected chi connectivity index (χ3v) is 7.34. The average molecular weight is 446 g/mol. The lowest BCUT2D eigenvalue weighted by Gasteiger charge is -2.19. The average Bonchev–Trinajstić information content (AvgIpc) is 3.22. The number of benzene rings is 2. The molecule has 1 aliphatic heterocycles. The molecule has 5 heteroatoms. The zero-order valence-corrected chi connectivity index (χ0v) is 19.3. The number of fused-ring (bicyclic) bond motifs is 1. The molecule has 29 heavy (non-hydrogen) atoms. The van der Waals surface area contributed by atoms with Crippen LogP contribution in [0, 0.1) is 0 Å². The van der Waals surface area contributed by atoms with Crippen molar-refractivity contribution in [1.82, 2.24) is 0 Å². The van der Waals surface area contributed by atoms with Gasteiger partial charge in [-0.1, -0.05) is 79.1 Å². The largest absolute Gasteiger partial charge is 0.337 e. The van der Waals surface area contributed by atoms with Gasteiger partial charge in [-0.3, -0.25) is 0 Å². The molecule has 2 nitrogen and oxygen atoms in total. The van der Waals surface area contributed by atoms with Gasteiger partial charge in [-0.25, -0.2) is 9.47 Å². The van der Waals surface area contributed by atoms with Gasteiger partial charge in [-0.15, -0.1) is 0 Å². The van der Waals surface area contributed by atoms with Crippen molar-refractivity contribution in [2.24, 2.45) is 0 Å². The van der Waals surface area contributed by atoms with Crippen LogP contribution in [0.25, 0.3) is 0 Å². The van der Waals surface area contributed by atoms with Crippen LogP contribution < -0.4 is 9.47 Å². The number of hydrogen-bond acceptors (Lipinski definition) is 2. The van der Waals surface area contributed by atoms with E-state index in [0.29, 0.717) is 6.04 Å². The van der Waals surface area contributed by atoms with Gasteiger partial charge < -0.3 is 0 Å². The highest BCUT2D eigenvalue weighted by atomic mass is 35.5. The molecule has 0 amide bonds. The van der Waals surface area contributed by atoms with Gasteiger partial charge in [0.1, 0.15) is 18.8 Å². The van der Waals surface area contributed by atoms with Gasteiger partial charge in [0.05, 0.1) is 4.88 Å². The van der Waals surface area contributed by atoms with E-state index in [4.69, 9.17) is 23.2 Å². The van der Waals surface area contributed by atoms with E-state index in [1.165, 1.54) is 34.8 Å². The van der Waals surface area contributed by atoms with Gasteiger partial charge in [-0.05, 0) is 42.7 Å². The van der Waals surface area contributed by atoms with E-state index in [-0.39, 0.29) is 0 Å². The summed E-state index contributed by atoms with van der Waals surface area (Å²) in [4.78, 5) is 4.10. The molecule has 152 valence electrons. The lowest BCUT2D eigenvalue weighted by Crippen LogP contribution is -2.34. The first-order valence-corrected chi connectivity index (χ1v) is 12.0. The van der Waals surface area contributed by atoms with E-state index in [1.54, 1.807) is 4.88 Å². The molecule has 0 saturated carbocycles. The van der Waals surface area contributed by atoms with Crippen molar-refractivity contribution in [3.63, 3.8) is 0 Å². The molecular formula is C24H27Cl2N2S+. The molecule has 3 aromatic rings. The Bertz CT molecular complexity index is 981. The van der Waals surface area contributed by atoms with Crippen LogP contribution >= 0.6 is 34.5 Å². The minimum Gasteiger partial charge on any atom is -0.237 e. The van der Waals surface area contributed by atoms with E-state index in [9.17, 15) is 0 Å². The second kappa shape index (κ2) is 9.07. The highest BCUT2D eigenvalue weighted by Gasteiger charge is 2.43. The topological polar surface area (TPSA) is 7.12 Å². The van der Waals surface area contributed by atoms with Crippen LogP contribution in [0.1, 0.15) is 54.4 Å². The van der Waals surface area contributed by atoms with Gasteiger partial charge >= 0.3 is 5.13 Å². The van der Waals surface area contributed by atoms with Gasteiger partial charge in [0.25, 0.3) is 0 Å². The van der Waals surface area contributed by atoms with Crippen LogP contribution in [0.4, 0.5) is 5.13 Å². The van der Waals surface area contributed by atoms with Gasteiger partial charge in [-0.2, -0.15) is 0 Å². The van der Waals surface area contributed by atoms with Crippen molar-refractivity contribution in [3.8, 4) is 0 Å². The molecule has 1 unspecified atom stereocenters. The van der Waals surface area contributed by atoms with E-state index >= 15 is 0 Å². The highest BCUT2D eigenvalue weighted by Crippen LogP contribution is 2.39. The highest BCUT2D eigenvalue weighted by molar-refractivity contribution is 7.15. The molecule has 2 aromatic carbocycles. The van der Waals surface area contributed by atoms with Gasteiger partial charge in [0.2, 0.25) is 0 Å². The summed E-state index contributed by atoms with van der Waals surface area (Å²) in [5.74, 6) is 0. The minimum absolute atomic E-state index is 0.293. The summed E-state index contributed by atoms with van der Waals surface area (Å²) in [6, 6.07) is 16.9. The lowest BCUT2D eigenvalue weighted by atomic mass is 10.1. The van der Waals surface area contributed by atoms with Crippen molar-refractivity contribution in [2.45, 2.75) is 58.7 Å². The first kappa shape index (κ1) is 20.7. The van der Waals surface area contributed by atoms with Crippen LogP contribution in [-0.4, -0.2) is 0 Å². The zero-order chi connectivity index (χ0) is 20.4. The summed E-state index contributed by atoms with van der Waals surface area (Å²) < 4.78 is 2.57. The summed E-state index contributed by atoms with van der Waals surface area (Å²) in [5.41, 5.74) is 4.08. The fourth-order valence-corrected chi connectivity index (χ4v) is 5.98. The number of nitrogens with zero attached hydrogens (tertiary/aromatic N) is 2. The van der Waals surface area contributed by atoms with Crippen LogP contribution in [0.2, 0.25) is 10.0 Å². The Hall–Kier alpha value is -1.55. The third-order valence-electron chi connectivity index (χ3n) is 5.53. The molecule has 1 atom stereocenters. The predicted octanol–water partition coefficient (Wildman–Crippen LogP) is 7.01. The molecule has 0 bridgehead atoms. The smallest absolute Gasteiger partial charge is 0.237 e. The summed E-state index contributed by atoms with van der Waals surface area (Å²) in [7, 11) is 0. The minimum atomic E-state index is 0.293. The molecule has 1 aliphatic rings.